The number of carbonyl (C=O) groups excluding carboxylic acids is 2. The van der Waals surface area contributed by atoms with E-state index in [4.69, 9.17) is 15.2 Å². The number of nitrogens with two attached hydrogens (primary N) is 1. The first-order valence-corrected chi connectivity index (χ1v) is 5.76. The summed E-state index contributed by atoms with van der Waals surface area (Å²) in [6.45, 7) is 0.131. The highest BCUT2D eigenvalue weighted by atomic mass is 16.5. The quantitative estimate of drug-likeness (QED) is 0.476. The lowest BCUT2D eigenvalue weighted by atomic mass is 10.2. The third-order valence-corrected chi connectivity index (χ3v) is 2.46. The van der Waals surface area contributed by atoms with Crippen LogP contribution in [0.1, 0.15) is 23.2 Å². The van der Waals surface area contributed by atoms with Crippen molar-refractivity contribution in [2.24, 2.45) is 0 Å². The molecule has 6 heteroatoms. The molecule has 0 fully saturated rings. The molecule has 0 aliphatic carbocycles. The molecule has 0 aliphatic heterocycles. The van der Waals surface area contributed by atoms with Crippen LogP contribution in [0.25, 0.3) is 0 Å². The molecule has 104 valence electrons. The van der Waals surface area contributed by atoms with E-state index in [0.29, 0.717) is 17.9 Å². The fourth-order valence-corrected chi connectivity index (χ4v) is 1.50. The van der Waals surface area contributed by atoms with Crippen molar-refractivity contribution in [3.63, 3.8) is 0 Å². The molecule has 0 radical (unpaired) electrons. The van der Waals surface area contributed by atoms with E-state index in [2.05, 4.69) is 4.74 Å². The van der Waals surface area contributed by atoms with Gasteiger partial charge >= 0.3 is 11.9 Å². The smallest absolute Gasteiger partial charge is 0.342 e. The number of hydrogen-bond donors (Lipinski definition) is 1. The Morgan fingerprint density at radius 3 is 2.63 bits per heavy atom. The van der Waals surface area contributed by atoms with Gasteiger partial charge in [-0.1, -0.05) is 6.07 Å². The first-order valence-electron chi connectivity index (χ1n) is 5.76. The average Bonchev–Trinajstić information content (AvgIpc) is 2.42. The molecule has 0 atom stereocenters. The van der Waals surface area contributed by atoms with E-state index < -0.39 is 5.97 Å². The van der Waals surface area contributed by atoms with Gasteiger partial charge in [0.25, 0.3) is 0 Å². The van der Waals surface area contributed by atoms with Gasteiger partial charge in [0.2, 0.25) is 0 Å². The molecule has 2 N–H and O–H groups in total. The Labute approximate surface area is 111 Å². The average molecular weight is 267 g/mol. The molecule has 6 nitrogen and oxygen atoms in total. The molecule has 0 aromatic heterocycles. The summed E-state index contributed by atoms with van der Waals surface area (Å²) in [6, 6.07) is 4.84. The summed E-state index contributed by atoms with van der Waals surface area (Å²) in [5, 5.41) is 0. The van der Waals surface area contributed by atoms with Crippen LogP contribution in [0.5, 0.6) is 5.75 Å². The Kier molecular flexibility index (Phi) is 5.66. The van der Waals surface area contributed by atoms with Crippen LogP contribution in [0.15, 0.2) is 18.2 Å². The molecule has 0 spiro atoms. The van der Waals surface area contributed by atoms with Crippen LogP contribution in [-0.2, 0) is 14.3 Å². The van der Waals surface area contributed by atoms with Gasteiger partial charge in [-0.25, -0.2) is 4.79 Å². The summed E-state index contributed by atoms with van der Waals surface area (Å²) >= 11 is 0. The minimum atomic E-state index is -0.533. The van der Waals surface area contributed by atoms with Gasteiger partial charge in [0.05, 0.1) is 26.5 Å². The van der Waals surface area contributed by atoms with Crippen molar-refractivity contribution in [1.29, 1.82) is 0 Å². The van der Waals surface area contributed by atoms with E-state index in [1.54, 1.807) is 18.2 Å². The fourth-order valence-electron chi connectivity index (χ4n) is 1.50. The minimum Gasteiger partial charge on any atom is -0.494 e. The van der Waals surface area contributed by atoms with Crippen molar-refractivity contribution in [3.05, 3.63) is 23.8 Å². The number of para-hydroxylation sites is 1. The Bertz CT molecular complexity index is 458. The largest absolute Gasteiger partial charge is 0.494 e. The maximum absolute atomic E-state index is 11.8. The van der Waals surface area contributed by atoms with Crippen LogP contribution in [-0.4, -0.2) is 32.8 Å². The molecule has 0 saturated carbocycles. The summed E-state index contributed by atoms with van der Waals surface area (Å²) in [6.07, 6.45) is 0.612. The van der Waals surface area contributed by atoms with Gasteiger partial charge in [-0.2, -0.15) is 0 Å². The molecular formula is C13H17NO5. The van der Waals surface area contributed by atoms with Crippen molar-refractivity contribution in [2.75, 3.05) is 26.6 Å². The molecule has 0 amide bonds. The second-order valence-corrected chi connectivity index (χ2v) is 3.74. The third kappa shape index (κ3) is 4.17. The van der Waals surface area contributed by atoms with Gasteiger partial charge in [-0.3, -0.25) is 4.79 Å². The molecule has 0 unspecified atom stereocenters. The first-order chi connectivity index (χ1) is 9.10. The lowest BCUT2D eigenvalue weighted by molar-refractivity contribution is -0.140. The van der Waals surface area contributed by atoms with E-state index in [9.17, 15) is 9.59 Å². The first kappa shape index (κ1) is 14.8. The normalized spacial score (nSPS) is 9.79. The predicted molar refractivity (Wildman–Crippen MR) is 68.9 cm³/mol. The number of carbonyl (C=O) groups is 2. The lowest BCUT2D eigenvalue weighted by Gasteiger charge is -2.10. The SMILES string of the molecule is COC(=O)CCCOC(=O)c1cccc(N)c1OC. The lowest BCUT2D eigenvalue weighted by Crippen LogP contribution is -2.10. The summed E-state index contributed by atoms with van der Waals surface area (Å²) in [7, 11) is 2.74. The van der Waals surface area contributed by atoms with Crippen LogP contribution < -0.4 is 10.5 Å². The van der Waals surface area contributed by atoms with Crippen molar-refractivity contribution in [1.82, 2.24) is 0 Å². The second-order valence-electron chi connectivity index (χ2n) is 3.74. The summed E-state index contributed by atoms with van der Waals surface area (Å²) < 4.78 is 14.6. The van der Waals surface area contributed by atoms with E-state index in [0.717, 1.165) is 0 Å². The molecule has 1 rings (SSSR count). The zero-order chi connectivity index (χ0) is 14.3. The Balaban J connectivity index is 2.54. The number of benzene rings is 1. The summed E-state index contributed by atoms with van der Waals surface area (Å²) in [5.74, 6) is -0.577. The monoisotopic (exact) mass is 267 g/mol. The molecule has 0 heterocycles. The molecule has 0 saturated heterocycles. The minimum absolute atomic E-state index is 0.131. The van der Waals surface area contributed by atoms with Crippen LogP contribution >= 0.6 is 0 Å². The highest BCUT2D eigenvalue weighted by molar-refractivity contribution is 5.94. The van der Waals surface area contributed by atoms with Crippen molar-refractivity contribution >= 4 is 17.6 Å². The van der Waals surface area contributed by atoms with Crippen molar-refractivity contribution in [3.8, 4) is 5.75 Å². The topological polar surface area (TPSA) is 87.9 Å². The maximum atomic E-state index is 11.8. The molecule has 1 aromatic rings. The van der Waals surface area contributed by atoms with Crippen LogP contribution in [0.3, 0.4) is 0 Å². The number of nitrogen functional groups attached to an aromatic ring is 1. The molecular weight excluding hydrogens is 250 g/mol. The Morgan fingerprint density at radius 2 is 2.00 bits per heavy atom. The van der Waals surface area contributed by atoms with Gasteiger partial charge in [0, 0.05) is 6.42 Å². The van der Waals surface area contributed by atoms with Gasteiger partial charge < -0.3 is 19.9 Å². The van der Waals surface area contributed by atoms with Crippen molar-refractivity contribution in [2.45, 2.75) is 12.8 Å². The molecule has 0 aliphatic rings. The number of methoxy groups -OCH3 is 2. The van der Waals surface area contributed by atoms with Crippen molar-refractivity contribution < 1.29 is 23.8 Å². The summed E-state index contributed by atoms with van der Waals surface area (Å²) in [5.41, 5.74) is 6.32. The Morgan fingerprint density at radius 1 is 1.26 bits per heavy atom. The number of hydrogen-bond acceptors (Lipinski definition) is 6. The predicted octanol–water partition coefficient (Wildman–Crippen LogP) is 1.39. The van der Waals surface area contributed by atoms with Crippen LogP contribution in [0.4, 0.5) is 5.69 Å². The second kappa shape index (κ2) is 7.25. The molecule has 19 heavy (non-hydrogen) atoms. The molecule has 0 bridgehead atoms. The highest BCUT2D eigenvalue weighted by Gasteiger charge is 2.15. The van der Waals surface area contributed by atoms with Gasteiger partial charge in [0.1, 0.15) is 5.56 Å². The number of rotatable bonds is 6. The van der Waals surface area contributed by atoms with E-state index in [1.165, 1.54) is 14.2 Å². The third-order valence-electron chi connectivity index (χ3n) is 2.46. The maximum Gasteiger partial charge on any atom is 0.342 e. The zero-order valence-electron chi connectivity index (χ0n) is 11.0. The number of esters is 2. The van der Waals surface area contributed by atoms with E-state index in [1.807, 2.05) is 0 Å². The zero-order valence-corrected chi connectivity index (χ0v) is 11.0. The standard InChI is InChI=1S/C13H17NO5/c1-17-11(15)7-4-8-19-13(16)9-5-3-6-10(14)12(9)18-2/h3,5-6H,4,7-8,14H2,1-2H3. The van der Waals surface area contributed by atoms with Crippen LogP contribution in [0, 0.1) is 0 Å². The van der Waals surface area contributed by atoms with Crippen LogP contribution in [0.2, 0.25) is 0 Å². The van der Waals surface area contributed by atoms with Gasteiger partial charge in [0.15, 0.2) is 5.75 Å². The van der Waals surface area contributed by atoms with E-state index >= 15 is 0 Å². The van der Waals surface area contributed by atoms with E-state index in [-0.39, 0.29) is 24.6 Å². The van der Waals surface area contributed by atoms with Gasteiger partial charge in [-0.15, -0.1) is 0 Å². The number of anilines is 1. The summed E-state index contributed by atoms with van der Waals surface area (Å²) in [4.78, 5) is 22.7. The Hall–Kier alpha value is -2.24. The molecule has 1 aromatic carbocycles. The fraction of sp³-hybridized carbons (Fsp3) is 0.385. The van der Waals surface area contributed by atoms with Gasteiger partial charge in [-0.05, 0) is 18.6 Å². The number of ether oxygens (including phenoxy) is 3. The highest BCUT2D eigenvalue weighted by Crippen LogP contribution is 2.26.